The van der Waals surface area contributed by atoms with Gasteiger partial charge < -0.3 is 10.2 Å². The fourth-order valence-electron chi connectivity index (χ4n) is 2.06. The molecule has 102 valence electrons. The molecule has 1 atom stereocenters. The van der Waals surface area contributed by atoms with Crippen LogP contribution in [0.25, 0.3) is 0 Å². The summed E-state index contributed by atoms with van der Waals surface area (Å²) in [5.41, 5.74) is 0.740. The third-order valence-corrected chi connectivity index (χ3v) is 3.94. The third-order valence-electron chi connectivity index (χ3n) is 3.07. The highest BCUT2D eigenvalue weighted by Crippen LogP contribution is 2.30. The van der Waals surface area contributed by atoms with Crippen molar-refractivity contribution in [2.75, 3.05) is 11.4 Å². The number of hydrogen-bond acceptors (Lipinski definition) is 2. The summed E-state index contributed by atoms with van der Waals surface area (Å²) in [6.07, 6.45) is 0.879. The van der Waals surface area contributed by atoms with Crippen molar-refractivity contribution in [3.8, 4) is 0 Å². The Morgan fingerprint density at radius 2 is 2.21 bits per heavy atom. The molecule has 0 saturated carbocycles. The molecule has 1 heterocycles. The van der Waals surface area contributed by atoms with Crippen LogP contribution in [0, 0.1) is 0 Å². The largest absolute Gasteiger partial charge is 0.344 e. The lowest BCUT2D eigenvalue weighted by Crippen LogP contribution is -2.44. The van der Waals surface area contributed by atoms with Gasteiger partial charge in [0.2, 0.25) is 11.8 Å². The second kappa shape index (κ2) is 5.92. The Morgan fingerprint density at radius 1 is 1.47 bits per heavy atom. The highest BCUT2D eigenvalue weighted by molar-refractivity contribution is 9.10. The Balaban J connectivity index is 2.36. The van der Waals surface area contributed by atoms with E-state index in [-0.39, 0.29) is 11.8 Å². The van der Waals surface area contributed by atoms with Crippen molar-refractivity contribution in [2.45, 2.75) is 25.8 Å². The fraction of sp³-hybridized carbons (Fsp3) is 0.385. The SMILES string of the molecule is CCC1NC(=O)CCN(c2ccc(Cl)cc2Br)C1=O. The van der Waals surface area contributed by atoms with Crippen molar-refractivity contribution in [1.82, 2.24) is 5.32 Å². The minimum absolute atomic E-state index is 0.0867. The van der Waals surface area contributed by atoms with Gasteiger partial charge >= 0.3 is 0 Å². The normalized spacial score (nSPS) is 20.2. The van der Waals surface area contributed by atoms with Crippen LogP contribution in [0.15, 0.2) is 22.7 Å². The number of amides is 2. The first-order valence-corrected chi connectivity index (χ1v) is 7.25. The number of nitrogens with one attached hydrogen (secondary N) is 1. The van der Waals surface area contributed by atoms with E-state index >= 15 is 0 Å². The first-order chi connectivity index (χ1) is 9.02. The zero-order valence-electron chi connectivity index (χ0n) is 10.5. The molecule has 0 spiro atoms. The number of hydrogen-bond donors (Lipinski definition) is 1. The van der Waals surface area contributed by atoms with Gasteiger partial charge in [-0.15, -0.1) is 0 Å². The number of carbonyl (C=O) groups excluding carboxylic acids is 2. The Morgan fingerprint density at radius 3 is 2.84 bits per heavy atom. The number of carbonyl (C=O) groups is 2. The molecule has 1 aliphatic heterocycles. The quantitative estimate of drug-likeness (QED) is 0.896. The number of benzene rings is 1. The highest BCUT2D eigenvalue weighted by Gasteiger charge is 2.30. The predicted molar refractivity (Wildman–Crippen MR) is 78.3 cm³/mol. The van der Waals surface area contributed by atoms with E-state index < -0.39 is 6.04 Å². The van der Waals surface area contributed by atoms with Gasteiger partial charge in [0, 0.05) is 22.5 Å². The molecule has 1 aliphatic rings. The molecule has 2 rings (SSSR count). The van der Waals surface area contributed by atoms with E-state index in [1.165, 1.54) is 0 Å². The maximum absolute atomic E-state index is 12.4. The summed E-state index contributed by atoms with van der Waals surface area (Å²) in [5, 5.41) is 3.33. The van der Waals surface area contributed by atoms with Crippen LogP contribution in [0.5, 0.6) is 0 Å². The lowest BCUT2D eigenvalue weighted by atomic mass is 10.2. The maximum atomic E-state index is 12.4. The predicted octanol–water partition coefficient (Wildman–Crippen LogP) is 2.73. The molecular formula is C13H14BrClN2O2. The summed E-state index contributed by atoms with van der Waals surface area (Å²) < 4.78 is 0.748. The summed E-state index contributed by atoms with van der Waals surface area (Å²) >= 11 is 9.31. The Bertz CT molecular complexity index is 521. The van der Waals surface area contributed by atoms with Crippen molar-refractivity contribution >= 4 is 45.0 Å². The summed E-state index contributed by atoms with van der Waals surface area (Å²) in [6.45, 7) is 2.25. The van der Waals surface area contributed by atoms with Crippen LogP contribution >= 0.6 is 27.5 Å². The monoisotopic (exact) mass is 344 g/mol. The number of rotatable bonds is 2. The van der Waals surface area contributed by atoms with Gasteiger partial charge in [0.1, 0.15) is 6.04 Å². The van der Waals surface area contributed by atoms with E-state index in [1.54, 1.807) is 23.1 Å². The van der Waals surface area contributed by atoms with Crippen LogP contribution in [-0.4, -0.2) is 24.4 Å². The van der Waals surface area contributed by atoms with Crippen LogP contribution < -0.4 is 10.2 Å². The Labute approximate surface area is 125 Å². The van der Waals surface area contributed by atoms with Gasteiger partial charge in [0.05, 0.1) is 5.69 Å². The standard InChI is InChI=1S/C13H14BrClN2O2/c1-2-10-13(19)17(6-5-12(18)16-10)11-4-3-8(15)7-9(11)14/h3-4,7,10H,2,5-6H2,1H3,(H,16,18). The van der Waals surface area contributed by atoms with Crippen molar-refractivity contribution in [3.63, 3.8) is 0 Å². The molecular weight excluding hydrogens is 332 g/mol. The Kier molecular flexibility index (Phi) is 4.47. The lowest BCUT2D eigenvalue weighted by molar-refractivity contribution is -0.125. The van der Waals surface area contributed by atoms with Crippen LogP contribution in [0.2, 0.25) is 5.02 Å². The molecule has 19 heavy (non-hydrogen) atoms. The maximum Gasteiger partial charge on any atom is 0.249 e. The average molecular weight is 346 g/mol. The molecule has 1 aromatic carbocycles. The lowest BCUT2D eigenvalue weighted by Gasteiger charge is -2.24. The van der Waals surface area contributed by atoms with Crippen LogP contribution in [-0.2, 0) is 9.59 Å². The average Bonchev–Trinajstić information content (AvgIpc) is 2.50. The molecule has 0 radical (unpaired) electrons. The molecule has 0 aromatic heterocycles. The van der Waals surface area contributed by atoms with Gasteiger partial charge in [-0.1, -0.05) is 18.5 Å². The van der Waals surface area contributed by atoms with Gasteiger partial charge in [-0.25, -0.2) is 0 Å². The minimum atomic E-state index is -0.461. The summed E-state index contributed by atoms with van der Waals surface area (Å²) in [5.74, 6) is -0.177. The molecule has 0 aliphatic carbocycles. The molecule has 4 nitrogen and oxygen atoms in total. The Hall–Kier alpha value is -1.07. The van der Waals surface area contributed by atoms with Crippen molar-refractivity contribution < 1.29 is 9.59 Å². The summed E-state index contributed by atoms with van der Waals surface area (Å²) in [6, 6.07) is 4.80. The van der Waals surface area contributed by atoms with Gasteiger partial charge in [0.15, 0.2) is 0 Å². The first kappa shape index (κ1) is 14.3. The first-order valence-electron chi connectivity index (χ1n) is 6.08. The molecule has 1 unspecified atom stereocenters. The molecule has 1 saturated heterocycles. The van der Waals surface area contributed by atoms with Crippen LogP contribution in [0.4, 0.5) is 5.69 Å². The zero-order chi connectivity index (χ0) is 14.0. The number of nitrogens with zero attached hydrogens (tertiary/aromatic N) is 1. The van der Waals surface area contributed by atoms with Gasteiger partial charge in [-0.05, 0) is 40.5 Å². The highest BCUT2D eigenvalue weighted by atomic mass is 79.9. The second-order valence-electron chi connectivity index (χ2n) is 4.36. The molecule has 1 N–H and O–H groups in total. The second-order valence-corrected chi connectivity index (χ2v) is 5.65. The van der Waals surface area contributed by atoms with Gasteiger partial charge in [-0.3, -0.25) is 9.59 Å². The van der Waals surface area contributed by atoms with Crippen LogP contribution in [0.1, 0.15) is 19.8 Å². The van der Waals surface area contributed by atoms with Crippen LogP contribution in [0.3, 0.4) is 0 Å². The zero-order valence-corrected chi connectivity index (χ0v) is 12.8. The molecule has 0 bridgehead atoms. The minimum Gasteiger partial charge on any atom is -0.344 e. The van der Waals surface area contributed by atoms with Gasteiger partial charge in [-0.2, -0.15) is 0 Å². The third kappa shape index (κ3) is 3.09. The van der Waals surface area contributed by atoms with E-state index in [0.29, 0.717) is 24.4 Å². The summed E-state index contributed by atoms with van der Waals surface area (Å²) in [7, 11) is 0. The van der Waals surface area contributed by atoms with Crippen molar-refractivity contribution in [1.29, 1.82) is 0 Å². The molecule has 1 fully saturated rings. The molecule has 1 aromatic rings. The molecule has 6 heteroatoms. The number of anilines is 1. The van der Waals surface area contributed by atoms with E-state index in [1.807, 2.05) is 6.92 Å². The van der Waals surface area contributed by atoms with E-state index in [9.17, 15) is 9.59 Å². The molecule has 2 amide bonds. The van der Waals surface area contributed by atoms with Crippen molar-refractivity contribution in [3.05, 3.63) is 27.7 Å². The summed E-state index contributed by atoms with van der Waals surface area (Å²) in [4.78, 5) is 25.6. The van der Waals surface area contributed by atoms with Crippen molar-refractivity contribution in [2.24, 2.45) is 0 Å². The van der Waals surface area contributed by atoms with Gasteiger partial charge in [0.25, 0.3) is 0 Å². The topological polar surface area (TPSA) is 49.4 Å². The number of halogens is 2. The fourth-order valence-corrected chi connectivity index (χ4v) is 2.95. The van der Waals surface area contributed by atoms with E-state index in [4.69, 9.17) is 11.6 Å². The smallest absolute Gasteiger partial charge is 0.249 e. The van der Waals surface area contributed by atoms with E-state index in [0.717, 1.165) is 10.2 Å². The van der Waals surface area contributed by atoms with E-state index in [2.05, 4.69) is 21.2 Å².